The summed E-state index contributed by atoms with van der Waals surface area (Å²) in [6, 6.07) is 7.06. The number of aryl methyl sites for hydroxylation is 1. The van der Waals surface area contributed by atoms with Crippen LogP contribution in [0.5, 0.6) is 11.5 Å². The van der Waals surface area contributed by atoms with Gasteiger partial charge in [0.15, 0.2) is 11.5 Å². The van der Waals surface area contributed by atoms with Crippen molar-refractivity contribution in [3.05, 3.63) is 35.4 Å². The van der Waals surface area contributed by atoms with Crippen LogP contribution < -0.4 is 9.47 Å². The van der Waals surface area contributed by atoms with Gasteiger partial charge in [-0.25, -0.2) is 0 Å². The first-order chi connectivity index (χ1) is 15.2. The van der Waals surface area contributed by atoms with Crippen molar-refractivity contribution in [2.45, 2.75) is 63.5 Å². The van der Waals surface area contributed by atoms with Crippen molar-refractivity contribution < 1.29 is 14.3 Å². The van der Waals surface area contributed by atoms with Gasteiger partial charge in [0.05, 0.1) is 20.3 Å². The normalized spacial score (nSPS) is 30.1. The quantitative estimate of drug-likeness (QED) is 0.669. The number of benzene rings is 1. The van der Waals surface area contributed by atoms with Crippen molar-refractivity contribution in [1.82, 2.24) is 9.80 Å². The summed E-state index contributed by atoms with van der Waals surface area (Å²) in [6.07, 6.45) is 11.5. The highest BCUT2D eigenvalue weighted by molar-refractivity contribution is 5.77. The zero-order valence-electron chi connectivity index (χ0n) is 19.0. The smallest absolute Gasteiger partial charge is 0.223 e. The second-order valence-corrected chi connectivity index (χ2v) is 9.78. The third-order valence-corrected chi connectivity index (χ3v) is 8.05. The number of nitrogens with zero attached hydrogens (tertiary/aromatic N) is 2. The van der Waals surface area contributed by atoms with Gasteiger partial charge >= 0.3 is 0 Å². The SMILES string of the molecule is COc1ccc(CCC(=O)N2CCCC3=C[C@H]4C[C@@H](CN5CCCC[C@H]45)[C@H]32)cc1OC. The number of hydrogen-bond acceptors (Lipinski definition) is 4. The van der Waals surface area contributed by atoms with Crippen LogP contribution in [0.25, 0.3) is 0 Å². The van der Waals surface area contributed by atoms with Gasteiger partial charge in [-0.05, 0) is 74.6 Å². The molecule has 1 aliphatic carbocycles. The van der Waals surface area contributed by atoms with Crippen LogP contribution in [0.4, 0.5) is 0 Å². The van der Waals surface area contributed by atoms with E-state index in [4.69, 9.17) is 9.47 Å². The van der Waals surface area contributed by atoms with E-state index in [1.165, 1.54) is 45.2 Å². The first kappa shape index (κ1) is 20.9. The molecule has 3 saturated heterocycles. The second kappa shape index (κ2) is 8.85. The van der Waals surface area contributed by atoms with Crippen LogP contribution in [-0.4, -0.2) is 61.6 Å². The highest BCUT2D eigenvalue weighted by Crippen LogP contribution is 2.45. The molecule has 1 aromatic carbocycles. The number of ether oxygens (including phenoxy) is 2. The van der Waals surface area contributed by atoms with Crippen LogP contribution in [0.15, 0.2) is 29.8 Å². The fourth-order valence-electron chi connectivity index (χ4n) is 6.68. The van der Waals surface area contributed by atoms with Crippen LogP contribution in [0.3, 0.4) is 0 Å². The molecule has 168 valence electrons. The maximum absolute atomic E-state index is 13.4. The van der Waals surface area contributed by atoms with Crippen molar-refractivity contribution in [2.75, 3.05) is 33.9 Å². The molecule has 5 rings (SSSR count). The fraction of sp³-hybridized carbons (Fsp3) is 0.654. The molecule has 0 saturated carbocycles. The highest BCUT2D eigenvalue weighted by Gasteiger charge is 2.46. The molecule has 0 spiro atoms. The summed E-state index contributed by atoms with van der Waals surface area (Å²) < 4.78 is 10.8. The maximum atomic E-state index is 13.4. The summed E-state index contributed by atoms with van der Waals surface area (Å²) in [5.74, 6) is 3.10. The van der Waals surface area contributed by atoms with Gasteiger partial charge in [-0.2, -0.15) is 0 Å². The molecule has 31 heavy (non-hydrogen) atoms. The van der Waals surface area contributed by atoms with Crippen molar-refractivity contribution >= 4 is 5.91 Å². The van der Waals surface area contributed by atoms with Crippen LogP contribution in [0.2, 0.25) is 0 Å². The average molecular weight is 425 g/mol. The molecule has 2 bridgehead atoms. The summed E-state index contributed by atoms with van der Waals surface area (Å²) in [6.45, 7) is 3.35. The topological polar surface area (TPSA) is 42.0 Å². The third kappa shape index (κ3) is 3.97. The van der Waals surface area contributed by atoms with Gasteiger partial charge in [-0.1, -0.05) is 24.1 Å². The maximum Gasteiger partial charge on any atom is 0.223 e. The van der Waals surface area contributed by atoms with E-state index >= 15 is 0 Å². The van der Waals surface area contributed by atoms with E-state index in [9.17, 15) is 4.79 Å². The largest absolute Gasteiger partial charge is 0.493 e. The molecule has 1 aromatic rings. The molecular weight excluding hydrogens is 388 g/mol. The molecule has 4 aliphatic rings. The Morgan fingerprint density at radius 1 is 1.10 bits per heavy atom. The summed E-state index contributed by atoms with van der Waals surface area (Å²) in [4.78, 5) is 18.4. The lowest BCUT2D eigenvalue weighted by Gasteiger charge is -2.54. The van der Waals surface area contributed by atoms with Gasteiger partial charge in [-0.3, -0.25) is 9.69 Å². The minimum Gasteiger partial charge on any atom is -0.493 e. The number of hydrogen-bond donors (Lipinski definition) is 0. The molecule has 5 nitrogen and oxygen atoms in total. The number of amides is 1. The molecule has 0 aromatic heterocycles. The summed E-state index contributed by atoms with van der Waals surface area (Å²) >= 11 is 0. The summed E-state index contributed by atoms with van der Waals surface area (Å²) in [7, 11) is 3.30. The molecule has 0 N–H and O–H groups in total. The summed E-state index contributed by atoms with van der Waals surface area (Å²) in [5, 5.41) is 0. The van der Waals surface area contributed by atoms with E-state index in [-0.39, 0.29) is 0 Å². The van der Waals surface area contributed by atoms with Crippen LogP contribution in [-0.2, 0) is 11.2 Å². The number of piperidine rings is 3. The van der Waals surface area contributed by atoms with Crippen molar-refractivity contribution in [1.29, 1.82) is 0 Å². The monoisotopic (exact) mass is 424 g/mol. The molecule has 3 fully saturated rings. The zero-order valence-corrected chi connectivity index (χ0v) is 19.0. The third-order valence-electron chi connectivity index (χ3n) is 8.05. The Morgan fingerprint density at radius 3 is 2.81 bits per heavy atom. The fourth-order valence-corrected chi connectivity index (χ4v) is 6.68. The second-order valence-electron chi connectivity index (χ2n) is 9.78. The highest BCUT2D eigenvalue weighted by atomic mass is 16.5. The van der Waals surface area contributed by atoms with Gasteiger partial charge in [0.1, 0.15) is 0 Å². The lowest BCUT2D eigenvalue weighted by molar-refractivity contribution is -0.136. The first-order valence-electron chi connectivity index (χ1n) is 12.1. The standard InChI is InChI=1S/C26H36N2O3/c1-30-23-10-8-18(14-24(23)31-2)9-11-25(29)28-13-5-6-19-15-20-16-21(26(19)28)17-27-12-4-3-7-22(20)27/h8,10,14-15,20-22,26H,3-7,9,11-13,16-17H2,1-2H3/t20-,21-,22+,26-/m0/s1. The molecular formula is C26H36N2O3. The minimum absolute atomic E-state index is 0.310. The molecule has 0 unspecified atom stereocenters. The van der Waals surface area contributed by atoms with Gasteiger partial charge < -0.3 is 14.4 Å². The average Bonchev–Trinajstić information content (AvgIpc) is 2.82. The Balaban J connectivity index is 1.29. The Kier molecular flexibility index (Phi) is 5.96. The number of fused-ring (bicyclic) bond motifs is 6. The lowest BCUT2D eigenvalue weighted by Crippen LogP contribution is -2.60. The Morgan fingerprint density at radius 2 is 1.97 bits per heavy atom. The number of methoxy groups -OCH3 is 2. The first-order valence-corrected chi connectivity index (χ1v) is 12.1. The van der Waals surface area contributed by atoms with Gasteiger partial charge in [0, 0.05) is 25.6 Å². The van der Waals surface area contributed by atoms with E-state index < -0.39 is 0 Å². The van der Waals surface area contributed by atoms with E-state index in [1.54, 1.807) is 19.8 Å². The lowest BCUT2D eigenvalue weighted by atomic mass is 9.68. The predicted octanol–water partition coefficient (Wildman–Crippen LogP) is 4.06. The Hall–Kier alpha value is -2.01. The van der Waals surface area contributed by atoms with Gasteiger partial charge in [0.2, 0.25) is 5.91 Å². The van der Waals surface area contributed by atoms with Crippen molar-refractivity contribution in [3.8, 4) is 11.5 Å². The van der Waals surface area contributed by atoms with Crippen LogP contribution in [0, 0.1) is 11.8 Å². The van der Waals surface area contributed by atoms with Crippen molar-refractivity contribution in [2.24, 2.45) is 11.8 Å². The van der Waals surface area contributed by atoms with E-state index in [1.807, 2.05) is 18.2 Å². The number of rotatable bonds is 5. The predicted molar refractivity (Wildman–Crippen MR) is 121 cm³/mol. The Labute approximate surface area is 186 Å². The number of likely N-dealkylation sites (tertiary alicyclic amines) is 1. The van der Waals surface area contributed by atoms with Crippen LogP contribution >= 0.6 is 0 Å². The minimum atomic E-state index is 0.310. The molecule has 0 radical (unpaired) electrons. The van der Waals surface area contributed by atoms with E-state index in [2.05, 4.69) is 15.9 Å². The summed E-state index contributed by atoms with van der Waals surface area (Å²) in [5.41, 5.74) is 2.69. The Bertz CT molecular complexity index is 851. The van der Waals surface area contributed by atoms with E-state index in [0.29, 0.717) is 30.2 Å². The molecule has 1 amide bonds. The van der Waals surface area contributed by atoms with Gasteiger partial charge in [-0.15, -0.1) is 0 Å². The molecule has 5 heteroatoms. The van der Waals surface area contributed by atoms with Gasteiger partial charge in [0.25, 0.3) is 0 Å². The molecule has 4 atom stereocenters. The molecule has 3 aliphatic heterocycles. The zero-order chi connectivity index (χ0) is 21.4. The number of carbonyl (C=O) groups is 1. The number of carbonyl (C=O) groups excluding carboxylic acids is 1. The van der Waals surface area contributed by atoms with Crippen molar-refractivity contribution in [3.63, 3.8) is 0 Å². The molecule has 3 heterocycles. The van der Waals surface area contributed by atoms with Crippen LogP contribution in [0.1, 0.15) is 50.5 Å². The van der Waals surface area contributed by atoms with E-state index in [0.717, 1.165) is 42.5 Å².